The Hall–Kier alpha value is -1.61. The van der Waals surface area contributed by atoms with E-state index in [1.54, 1.807) is 32.2 Å². The molecule has 0 aliphatic rings. The lowest BCUT2D eigenvalue weighted by atomic mass is 10.0. The molecule has 0 heterocycles. The van der Waals surface area contributed by atoms with Crippen LogP contribution in [0.4, 0.5) is 0 Å². The van der Waals surface area contributed by atoms with Gasteiger partial charge in [0, 0.05) is 18.2 Å². The Morgan fingerprint density at radius 2 is 2.25 bits per heavy atom. The first kappa shape index (κ1) is 12.5. The molecule has 0 aliphatic heterocycles. The van der Waals surface area contributed by atoms with Crippen molar-refractivity contribution >= 4 is 5.78 Å². The third-order valence-electron chi connectivity index (χ3n) is 2.19. The Morgan fingerprint density at radius 3 is 2.81 bits per heavy atom. The Balaban J connectivity index is 3.10. The van der Waals surface area contributed by atoms with Gasteiger partial charge >= 0.3 is 0 Å². The molecule has 0 radical (unpaired) electrons. The first-order valence-corrected chi connectivity index (χ1v) is 5.06. The molecule has 0 fully saturated rings. The molecule has 0 saturated heterocycles. The summed E-state index contributed by atoms with van der Waals surface area (Å²) in [4.78, 5) is 11.4. The fourth-order valence-corrected chi connectivity index (χ4v) is 1.51. The van der Waals surface area contributed by atoms with Crippen LogP contribution in [0.3, 0.4) is 0 Å². The van der Waals surface area contributed by atoms with Crippen molar-refractivity contribution in [3.8, 4) is 5.75 Å². The van der Waals surface area contributed by atoms with E-state index >= 15 is 0 Å². The van der Waals surface area contributed by atoms with Gasteiger partial charge in [0.25, 0.3) is 0 Å². The summed E-state index contributed by atoms with van der Waals surface area (Å²) in [6.45, 7) is 5.40. The number of allylic oxidation sites excluding steroid dienone is 1. The second kappa shape index (κ2) is 6.08. The van der Waals surface area contributed by atoms with Crippen molar-refractivity contribution in [1.82, 2.24) is 0 Å². The van der Waals surface area contributed by atoms with Gasteiger partial charge in [0.2, 0.25) is 0 Å². The number of carbonyl (C=O) groups excluding carboxylic acids is 1. The maximum atomic E-state index is 11.4. The van der Waals surface area contributed by atoms with Gasteiger partial charge in [0.1, 0.15) is 5.75 Å². The minimum Gasteiger partial charge on any atom is -0.467 e. The van der Waals surface area contributed by atoms with Crippen LogP contribution in [-0.4, -0.2) is 19.7 Å². The van der Waals surface area contributed by atoms with Gasteiger partial charge in [-0.1, -0.05) is 18.2 Å². The fraction of sp³-hybridized carbons (Fsp3) is 0.308. The minimum atomic E-state index is 0.0275. The van der Waals surface area contributed by atoms with Crippen molar-refractivity contribution < 1.29 is 14.3 Å². The van der Waals surface area contributed by atoms with Crippen molar-refractivity contribution in [2.45, 2.75) is 13.3 Å². The average Bonchev–Trinajstić information content (AvgIpc) is 2.27. The number of methoxy groups -OCH3 is 1. The monoisotopic (exact) mass is 220 g/mol. The van der Waals surface area contributed by atoms with E-state index in [9.17, 15) is 4.79 Å². The quantitative estimate of drug-likeness (QED) is 0.420. The predicted octanol–water partition coefficient (Wildman–Crippen LogP) is 2.60. The molecule has 3 nitrogen and oxygen atoms in total. The molecule has 86 valence electrons. The predicted molar refractivity (Wildman–Crippen MR) is 62.9 cm³/mol. The van der Waals surface area contributed by atoms with Crippen LogP contribution in [0.2, 0.25) is 0 Å². The highest BCUT2D eigenvalue weighted by Crippen LogP contribution is 2.24. The van der Waals surface area contributed by atoms with Crippen LogP contribution in [0, 0.1) is 0 Å². The topological polar surface area (TPSA) is 35.5 Å². The molecular formula is C13H16O3. The molecule has 1 aromatic carbocycles. The molecule has 0 amide bonds. The van der Waals surface area contributed by atoms with Crippen LogP contribution >= 0.6 is 0 Å². The maximum Gasteiger partial charge on any atom is 0.188 e. The summed E-state index contributed by atoms with van der Waals surface area (Å²) in [7, 11) is 1.56. The van der Waals surface area contributed by atoms with Crippen LogP contribution in [0.15, 0.2) is 30.9 Å². The van der Waals surface area contributed by atoms with E-state index < -0.39 is 0 Å². The summed E-state index contributed by atoms with van der Waals surface area (Å²) in [5, 5.41) is 0. The minimum absolute atomic E-state index is 0.0275. The number of ketones is 1. The van der Waals surface area contributed by atoms with E-state index in [0.29, 0.717) is 17.7 Å². The molecule has 0 aliphatic carbocycles. The van der Waals surface area contributed by atoms with Crippen LogP contribution < -0.4 is 4.74 Å². The number of hydrogen-bond donors (Lipinski definition) is 0. The van der Waals surface area contributed by atoms with Crippen LogP contribution in [-0.2, 0) is 11.2 Å². The summed E-state index contributed by atoms with van der Waals surface area (Å²) in [6.07, 6.45) is 2.36. The molecule has 3 heteroatoms. The zero-order valence-corrected chi connectivity index (χ0v) is 9.66. The van der Waals surface area contributed by atoms with Crippen molar-refractivity contribution in [3.63, 3.8) is 0 Å². The molecule has 0 bridgehead atoms. The summed E-state index contributed by atoms with van der Waals surface area (Å²) in [5.41, 5.74) is 1.54. The lowest BCUT2D eigenvalue weighted by Crippen LogP contribution is -2.05. The van der Waals surface area contributed by atoms with Crippen molar-refractivity contribution in [3.05, 3.63) is 42.0 Å². The zero-order chi connectivity index (χ0) is 12.0. The summed E-state index contributed by atoms with van der Waals surface area (Å²) < 4.78 is 10.3. The third kappa shape index (κ3) is 2.94. The second-order valence-electron chi connectivity index (χ2n) is 3.38. The van der Waals surface area contributed by atoms with E-state index in [1.807, 2.05) is 6.07 Å². The van der Waals surface area contributed by atoms with Crippen LogP contribution in [0.1, 0.15) is 22.8 Å². The molecule has 1 rings (SSSR count). The van der Waals surface area contributed by atoms with Gasteiger partial charge in [-0.25, -0.2) is 0 Å². The molecule has 0 aromatic heterocycles. The third-order valence-corrected chi connectivity index (χ3v) is 2.19. The number of rotatable bonds is 6. The van der Waals surface area contributed by atoms with Crippen molar-refractivity contribution in [1.29, 1.82) is 0 Å². The molecular weight excluding hydrogens is 204 g/mol. The Morgan fingerprint density at radius 1 is 1.50 bits per heavy atom. The van der Waals surface area contributed by atoms with Gasteiger partial charge in [-0.15, -0.1) is 6.58 Å². The van der Waals surface area contributed by atoms with E-state index in [-0.39, 0.29) is 12.6 Å². The fourth-order valence-electron chi connectivity index (χ4n) is 1.51. The summed E-state index contributed by atoms with van der Waals surface area (Å²) in [5.74, 6) is 0.703. The number of Topliss-reactive ketones (excluding diaryl/α,β-unsaturated/α-hetero) is 1. The van der Waals surface area contributed by atoms with E-state index in [2.05, 4.69) is 6.58 Å². The van der Waals surface area contributed by atoms with E-state index in [1.165, 1.54) is 0 Å². The molecule has 0 atom stereocenters. The van der Waals surface area contributed by atoms with Crippen molar-refractivity contribution in [2.75, 3.05) is 13.9 Å². The van der Waals surface area contributed by atoms with Gasteiger partial charge in [-0.2, -0.15) is 0 Å². The number of ether oxygens (including phenoxy) is 2. The normalized spacial score (nSPS) is 9.88. The lowest BCUT2D eigenvalue weighted by molar-refractivity contribution is 0.0504. The first-order valence-electron chi connectivity index (χ1n) is 5.06. The average molecular weight is 220 g/mol. The summed E-state index contributed by atoms with van der Waals surface area (Å²) in [6, 6.07) is 5.42. The molecule has 0 saturated carbocycles. The molecule has 1 aromatic rings. The maximum absolute atomic E-state index is 11.4. The largest absolute Gasteiger partial charge is 0.467 e. The Bertz CT molecular complexity index is 383. The molecule has 0 N–H and O–H groups in total. The SMILES string of the molecule is C=CCc1c(OCOC)cccc1C(C)=O. The standard InChI is InChI=1S/C13H16O3/c1-4-6-12-11(10(2)14)7-5-8-13(12)16-9-15-3/h4-5,7-8H,1,6,9H2,2-3H3. The van der Waals surface area contributed by atoms with Crippen LogP contribution in [0.25, 0.3) is 0 Å². The highest BCUT2D eigenvalue weighted by atomic mass is 16.7. The van der Waals surface area contributed by atoms with Gasteiger partial charge in [-0.3, -0.25) is 4.79 Å². The molecule has 0 unspecified atom stereocenters. The Kier molecular flexibility index (Phi) is 4.73. The zero-order valence-electron chi connectivity index (χ0n) is 9.66. The number of carbonyl (C=O) groups is 1. The van der Waals surface area contributed by atoms with E-state index in [4.69, 9.17) is 9.47 Å². The van der Waals surface area contributed by atoms with E-state index in [0.717, 1.165) is 5.56 Å². The summed E-state index contributed by atoms with van der Waals surface area (Å²) >= 11 is 0. The molecule has 0 spiro atoms. The highest BCUT2D eigenvalue weighted by Gasteiger charge is 2.11. The van der Waals surface area contributed by atoms with Gasteiger partial charge in [-0.05, 0) is 19.4 Å². The van der Waals surface area contributed by atoms with Crippen LogP contribution in [0.5, 0.6) is 5.75 Å². The number of benzene rings is 1. The molecule has 16 heavy (non-hydrogen) atoms. The number of hydrogen-bond acceptors (Lipinski definition) is 3. The highest BCUT2D eigenvalue weighted by molar-refractivity contribution is 5.96. The smallest absolute Gasteiger partial charge is 0.188 e. The van der Waals surface area contributed by atoms with Gasteiger partial charge in [0.15, 0.2) is 12.6 Å². The first-order chi connectivity index (χ1) is 7.70. The van der Waals surface area contributed by atoms with Gasteiger partial charge in [0.05, 0.1) is 0 Å². The van der Waals surface area contributed by atoms with Crippen molar-refractivity contribution in [2.24, 2.45) is 0 Å². The second-order valence-corrected chi connectivity index (χ2v) is 3.38. The Labute approximate surface area is 95.7 Å². The van der Waals surface area contributed by atoms with Gasteiger partial charge < -0.3 is 9.47 Å². The lowest BCUT2D eigenvalue weighted by Gasteiger charge is -2.12.